The van der Waals surface area contributed by atoms with Gasteiger partial charge in [-0.05, 0) is 37.0 Å². The van der Waals surface area contributed by atoms with E-state index in [0.717, 1.165) is 11.8 Å². The van der Waals surface area contributed by atoms with Crippen molar-refractivity contribution in [2.45, 2.75) is 26.7 Å². The molecule has 0 aliphatic rings. The second kappa shape index (κ2) is 9.27. The van der Waals surface area contributed by atoms with Crippen LogP contribution in [0.1, 0.15) is 25.8 Å². The molecule has 1 N–H and O–H groups in total. The average molecular weight is 357 g/mol. The van der Waals surface area contributed by atoms with Gasteiger partial charge in [0.05, 0.1) is 19.3 Å². The zero-order valence-electron chi connectivity index (χ0n) is 14.1. The Balaban J connectivity index is 2.73. The number of rotatable bonds is 9. The highest BCUT2D eigenvalue weighted by molar-refractivity contribution is 7.86. The van der Waals surface area contributed by atoms with Crippen molar-refractivity contribution in [1.29, 1.82) is 0 Å². The second-order valence-electron chi connectivity index (χ2n) is 5.45. The molecule has 1 aromatic rings. The zero-order chi connectivity index (χ0) is 18.2. The standard InChI is InChI=1S/C16H23NO6S/c1-4-22-16(19)10-14(11-17-12(2)18)9-13-5-7-15(8-6-13)23-24(3,20)21/h5-8,14H,4,9-11H2,1-3H3,(H,17,18). The van der Waals surface area contributed by atoms with Crippen LogP contribution in [0.15, 0.2) is 24.3 Å². The number of carbonyl (C=O) groups is 2. The Kier molecular flexibility index (Phi) is 7.70. The second-order valence-corrected chi connectivity index (χ2v) is 7.02. The van der Waals surface area contributed by atoms with E-state index in [2.05, 4.69) is 5.32 Å². The Morgan fingerprint density at radius 3 is 2.33 bits per heavy atom. The van der Waals surface area contributed by atoms with Crippen LogP contribution in [0, 0.1) is 5.92 Å². The molecule has 0 saturated heterocycles. The Hall–Kier alpha value is -2.09. The van der Waals surface area contributed by atoms with Gasteiger partial charge in [-0.2, -0.15) is 8.42 Å². The van der Waals surface area contributed by atoms with Crippen LogP contribution in [0.2, 0.25) is 0 Å². The summed E-state index contributed by atoms with van der Waals surface area (Å²) < 4.78 is 31.9. The van der Waals surface area contributed by atoms with E-state index in [9.17, 15) is 18.0 Å². The van der Waals surface area contributed by atoms with Crippen LogP contribution < -0.4 is 9.50 Å². The summed E-state index contributed by atoms with van der Waals surface area (Å²) in [6.07, 6.45) is 1.71. The zero-order valence-corrected chi connectivity index (χ0v) is 14.9. The molecule has 0 fully saturated rings. The summed E-state index contributed by atoms with van der Waals surface area (Å²) in [6.45, 7) is 3.82. The van der Waals surface area contributed by atoms with E-state index in [-0.39, 0.29) is 30.0 Å². The van der Waals surface area contributed by atoms with Crippen molar-refractivity contribution in [3.05, 3.63) is 29.8 Å². The Bertz CT molecular complexity index is 654. The van der Waals surface area contributed by atoms with Gasteiger partial charge < -0.3 is 14.2 Å². The lowest BCUT2D eigenvalue weighted by Crippen LogP contribution is -2.30. The van der Waals surface area contributed by atoms with E-state index < -0.39 is 10.1 Å². The monoisotopic (exact) mass is 357 g/mol. The van der Waals surface area contributed by atoms with Gasteiger partial charge in [0.2, 0.25) is 5.91 Å². The minimum Gasteiger partial charge on any atom is -0.466 e. The van der Waals surface area contributed by atoms with Crippen molar-refractivity contribution in [1.82, 2.24) is 5.32 Å². The normalized spacial score (nSPS) is 12.3. The van der Waals surface area contributed by atoms with Gasteiger partial charge in [0.1, 0.15) is 5.75 Å². The van der Waals surface area contributed by atoms with Gasteiger partial charge in [0.25, 0.3) is 0 Å². The van der Waals surface area contributed by atoms with Crippen LogP contribution in [-0.2, 0) is 30.9 Å². The number of benzene rings is 1. The largest absolute Gasteiger partial charge is 0.466 e. The highest BCUT2D eigenvalue weighted by atomic mass is 32.2. The summed E-state index contributed by atoms with van der Waals surface area (Å²) in [5.41, 5.74) is 0.899. The van der Waals surface area contributed by atoms with Gasteiger partial charge in [-0.25, -0.2) is 0 Å². The molecule has 0 aromatic heterocycles. The molecule has 8 heteroatoms. The van der Waals surface area contributed by atoms with Crippen LogP contribution in [0.3, 0.4) is 0 Å². The lowest BCUT2D eigenvalue weighted by atomic mass is 9.96. The quantitative estimate of drug-likeness (QED) is 0.528. The van der Waals surface area contributed by atoms with Crippen LogP contribution >= 0.6 is 0 Å². The Morgan fingerprint density at radius 2 is 1.83 bits per heavy atom. The molecule has 0 heterocycles. The van der Waals surface area contributed by atoms with Crippen molar-refractivity contribution < 1.29 is 26.9 Å². The van der Waals surface area contributed by atoms with Crippen molar-refractivity contribution >= 4 is 22.0 Å². The number of nitrogens with one attached hydrogen (secondary N) is 1. The van der Waals surface area contributed by atoms with E-state index in [1.165, 1.54) is 6.92 Å². The lowest BCUT2D eigenvalue weighted by molar-refractivity contribution is -0.144. The van der Waals surface area contributed by atoms with Crippen LogP contribution in [0.25, 0.3) is 0 Å². The fourth-order valence-corrected chi connectivity index (χ4v) is 2.61. The van der Waals surface area contributed by atoms with Gasteiger partial charge in [-0.1, -0.05) is 12.1 Å². The first-order chi connectivity index (χ1) is 11.2. The first-order valence-electron chi connectivity index (χ1n) is 7.58. The van der Waals surface area contributed by atoms with E-state index in [1.54, 1.807) is 31.2 Å². The molecule has 0 radical (unpaired) electrons. The molecule has 1 unspecified atom stereocenters. The molecule has 24 heavy (non-hydrogen) atoms. The number of esters is 1. The number of ether oxygens (including phenoxy) is 1. The topological polar surface area (TPSA) is 98.8 Å². The van der Waals surface area contributed by atoms with Gasteiger partial charge >= 0.3 is 16.1 Å². The van der Waals surface area contributed by atoms with Crippen molar-refractivity contribution in [3.63, 3.8) is 0 Å². The number of hydrogen-bond donors (Lipinski definition) is 1. The molecular formula is C16H23NO6S. The lowest BCUT2D eigenvalue weighted by Gasteiger charge is -2.17. The summed E-state index contributed by atoms with van der Waals surface area (Å²) in [5, 5.41) is 2.71. The summed E-state index contributed by atoms with van der Waals surface area (Å²) in [7, 11) is -3.56. The number of amides is 1. The SMILES string of the molecule is CCOC(=O)CC(CNC(C)=O)Cc1ccc(OS(C)(=O)=O)cc1. The summed E-state index contributed by atoms with van der Waals surface area (Å²) in [6, 6.07) is 6.56. The molecule has 0 aliphatic carbocycles. The van der Waals surface area contributed by atoms with E-state index in [4.69, 9.17) is 8.92 Å². The van der Waals surface area contributed by atoms with Crippen molar-refractivity contribution in [2.24, 2.45) is 5.92 Å². The minimum absolute atomic E-state index is 0.116. The third-order valence-electron chi connectivity index (χ3n) is 3.10. The third kappa shape index (κ3) is 8.52. The molecule has 1 amide bonds. The van der Waals surface area contributed by atoms with Gasteiger partial charge in [-0.15, -0.1) is 0 Å². The molecular weight excluding hydrogens is 334 g/mol. The Labute approximate surface area is 142 Å². The predicted octanol–water partition coefficient (Wildman–Crippen LogP) is 1.27. The molecule has 0 bridgehead atoms. The van der Waals surface area contributed by atoms with E-state index in [0.29, 0.717) is 19.6 Å². The van der Waals surface area contributed by atoms with Gasteiger partial charge in [0.15, 0.2) is 0 Å². The maximum absolute atomic E-state index is 11.7. The summed E-state index contributed by atoms with van der Waals surface area (Å²) in [5.74, 6) is -0.370. The van der Waals surface area contributed by atoms with Crippen LogP contribution in [-0.4, -0.2) is 39.7 Å². The molecule has 1 aromatic carbocycles. The van der Waals surface area contributed by atoms with Gasteiger partial charge in [0, 0.05) is 13.5 Å². The first-order valence-corrected chi connectivity index (χ1v) is 9.39. The molecule has 1 rings (SSSR count). The van der Waals surface area contributed by atoms with E-state index in [1.807, 2.05) is 0 Å². The maximum atomic E-state index is 11.7. The smallest absolute Gasteiger partial charge is 0.306 e. The highest BCUT2D eigenvalue weighted by Crippen LogP contribution is 2.18. The first kappa shape index (κ1) is 20.0. The molecule has 7 nitrogen and oxygen atoms in total. The van der Waals surface area contributed by atoms with Crippen molar-refractivity contribution in [2.75, 3.05) is 19.4 Å². The summed E-state index contributed by atoms with van der Waals surface area (Å²) in [4.78, 5) is 22.8. The molecule has 0 spiro atoms. The fraction of sp³-hybridized carbons (Fsp3) is 0.500. The summed E-state index contributed by atoms with van der Waals surface area (Å²) >= 11 is 0. The minimum atomic E-state index is -3.56. The average Bonchev–Trinajstić information content (AvgIpc) is 2.45. The number of carbonyl (C=O) groups excluding carboxylic acids is 2. The fourth-order valence-electron chi connectivity index (χ4n) is 2.15. The third-order valence-corrected chi connectivity index (χ3v) is 3.59. The van der Waals surface area contributed by atoms with Crippen LogP contribution in [0.4, 0.5) is 0 Å². The molecule has 0 saturated carbocycles. The highest BCUT2D eigenvalue weighted by Gasteiger charge is 2.16. The number of hydrogen-bond acceptors (Lipinski definition) is 6. The maximum Gasteiger partial charge on any atom is 0.306 e. The Morgan fingerprint density at radius 1 is 1.21 bits per heavy atom. The van der Waals surface area contributed by atoms with Crippen molar-refractivity contribution in [3.8, 4) is 5.75 Å². The molecule has 0 aliphatic heterocycles. The van der Waals surface area contributed by atoms with Gasteiger partial charge in [-0.3, -0.25) is 9.59 Å². The van der Waals surface area contributed by atoms with Crippen LogP contribution in [0.5, 0.6) is 5.75 Å². The predicted molar refractivity (Wildman–Crippen MR) is 89.0 cm³/mol. The molecule has 1 atom stereocenters. The molecule has 134 valence electrons. The van der Waals surface area contributed by atoms with E-state index >= 15 is 0 Å².